The first kappa shape index (κ1) is 30.9. The molecule has 0 spiro atoms. The molecule has 4 atom stereocenters. The van der Waals surface area contributed by atoms with Crippen LogP contribution in [0.5, 0.6) is 23.0 Å². The highest BCUT2D eigenvalue weighted by molar-refractivity contribution is 6.13. The molecule has 3 heterocycles. The molecule has 3 aliphatic heterocycles. The SMILES string of the molecule is COC(=O)[C@]12Oc3cc(C)c(-c4c(C)cc(O)c5c4O[C@@](C(=O)OC)([C@@H]4CCC(=O)O4)CC5=O)c(O)c3C(O)=C1C(=O)CC[C@@H]2O. The van der Waals surface area contributed by atoms with Crippen LogP contribution in [-0.4, -0.2) is 87.5 Å². The topological polar surface area (TPSA) is 212 Å². The number of carbonyl (C=O) groups excluding carboxylic acids is 5. The van der Waals surface area contributed by atoms with Crippen molar-refractivity contribution in [3.05, 3.63) is 40.0 Å². The van der Waals surface area contributed by atoms with Crippen molar-refractivity contribution in [2.24, 2.45) is 0 Å². The van der Waals surface area contributed by atoms with Gasteiger partial charge in [0.15, 0.2) is 17.7 Å². The Kier molecular flexibility index (Phi) is 7.04. The lowest BCUT2D eigenvalue weighted by atomic mass is 9.73. The summed E-state index contributed by atoms with van der Waals surface area (Å²) >= 11 is 0. The molecule has 4 aliphatic rings. The zero-order valence-electron chi connectivity index (χ0n) is 25.2. The molecule has 0 unspecified atom stereocenters. The number of aliphatic hydroxyl groups excluding tert-OH is 2. The molecule has 2 fully saturated rings. The molecule has 46 heavy (non-hydrogen) atoms. The number of aryl methyl sites for hydroxylation is 2. The van der Waals surface area contributed by atoms with Gasteiger partial charge in [0.1, 0.15) is 46.0 Å². The molecule has 1 aliphatic carbocycles. The molecule has 1 saturated heterocycles. The number of phenols is 2. The second-order valence-corrected chi connectivity index (χ2v) is 11.7. The number of methoxy groups -OCH3 is 2. The predicted molar refractivity (Wildman–Crippen MR) is 153 cm³/mol. The normalized spacial score (nSPS) is 26.7. The lowest BCUT2D eigenvalue weighted by Gasteiger charge is -2.43. The number of ketones is 2. The lowest BCUT2D eigenvalue weighted by Crippen LogP contribution is -2.61. The highest BCUT2D eigenvalue weighted by Gasteiger charge is 2.62. The molecule has 242 valence electrons. The number of Topliss-reactive ketones (excluding diaryl/α,β-unsaturated/α-hetero) is 2. The smallest absolute Gasteiger partial charge is 0.358 e. The second-order valence-electron chi connectivity index (χ2n) is 11.7. The summed E-state index contributed by atoms with van der Waals surface area (Å²) in [6.45, 7) is 3.06. The lowest BCUT2D eigenvalue weighted by molar-refractivity contribution is -0.175. The van der Waals surface area contributed by atoms with Gasteiger partial charge >= 0.3 is 17.9 Å². The van der Waals surface area contributed by atoms with Crippen molar-refractivity contribution in [3.63, 3.8) is 0 Å². The van der Waals surface area contributed by atoms with Crippen molar-refractivity contribution in [1.82, 2.24) is 0 Å². The van der Waals surface area contributed by atoms with E-state index in [0.29, 0.717) is 0 Å². The zero-order chi connectivity index (χ0) is 33.5. The summed E-state index contributed by atoms with van der Waals surface area (Å²) in [6, 6.07) is 2.59. The maximum atomic E-state index is 13.7. The van der Waals surface area contributed by atoms with Crippen molar-refractivity contribution in [2.75, 3.05) is 14.2 Å². The van der Waals surface area contributed by atoms with Crippen molar-refractivity contribution >= 4 is 35.2 Å². The molecule has 1 saturated carbocycles. The zero-order valence-corrected chi connectivity index (χ0v) is 25.2. The molecule has 0 aromatic heterocycles. The van der Waals surface area contributed by atoms with E-state index < -0.39 is 87.7 Å². The summed E-state index contributed by atoms with van der Waals surface area (Å²) in [5, 5.41) is 45.1. The van der Waals surface area contributed by atoms with E-state index in [1.165, 1.54) is 26.0 Å². The number of aliphatic hydroxyl groups is 2. The summed E-state index contributed by atoms with van der Waals surface area (Å²) < 4.78 is 27.5. The summed E-state index contributed by atoms with van der Waals surface area (Å²) in [4.78, 5) is 65.1. The number of hydrogen-bond acceptors (Lipinski definition) is 14. The van der Waals surface area contributed by atoms with Gasteiger partial charge in [0.25, 0.3) is 5.60 Å². The Morgan fingerprint density at radius 3 is 2.15 bits per heavy atom. The minimum absolute atomic E-state index is 0.0221. The van der Waals surface area contributed by atoms with Gasteiger partial charge in [-0.05, 0) is 49.9 Å². The number of esters is 3. The fourth-order valence-corrected chi connectivity index (χ4v) is 6.97. The highest BCUT2D eigenvalue weighted by atomic mass is 16.6. The number of aromatic hydroxyl groups is 2. The summed E-state index contributed by atoms with van der Waals surface area (Å²) in [7, 11) is 2.10. The van der Waals surface area contributed by atoms with Gasteiger partial charge in [-0.2, -0.15) is 0 Å². The minimum atomic E-state index is -2.40. The van der Waals surface area contributed by atoms with Gasteiger partial charge in [0, 0.05) is 24.0 Å². The monoisotopic (exact) mass is 638 g/mol. The van der Waals surface area contributed by atoms with Crippen LogP contribution in [0, 0.1) is 13.8 Å². The highest BCUT2D eigenvalue weighted by Crippen LogP contribution is 2.56. The van der Waals surface area contributed by atoms with Crippen LogP contribution in [0.4, 0.5) is 0 Å². The average molecular weight is 639 g/mol. The molecule has 2 aromatic carbocycles. The minimum Gasteiger partial charge on any atom is -0.507 e. The number of phenolic OH excluding ortho intramolecular Hbond substituents is 2. The molecule has 0 amide bonds. The third-order valence-corrected chi connectivity index (χ3v) is 9.09. The molecule has 2 aromatic rings. The Morgan fingerprint density at radius 1 is 0.848 bits per heavy atom. The molecule has 14 heteroatoms. The summed E-state index contributed by atoms with van der Waals surface area (Å²) in [6.07, 6.45) is -3.82. The van der Waals surface area contributed by atoms with E-state index in [2.05, 4.69) is 0 Å². The third-order valence-electron chi connectivity index (χ3n) is 9.09. The Labute approximate surface area is 261 Å². The second kappa shape index (κ2) is 10.5. The number of cyclic esters (lactones) is 1. The van der Waals surface area contributed by atoms with E-state index in [4.69, 9.17) is 23.7 Å². The van der Waals surface area contributed by atoms with Gasteiger partial charge < -0.3 is 44.1 Å². The Bertz CT molecular complexity index is 1800. The number of rotatable bonds is 4. The average Bonchev–Trinajstić information content (AvgIpc) is 3.45. The van der Waals surface area contributed by atoms with Gasteiger partial charge in [-0.15, -0.1) is 0 Å². The van der Waals surface area contributed by atoms with Crippen LogP contribution >= 0.6 is 0 Å². The fraction of sp³-hybridized carbons (Fsp3) is 0.406. The summed E-state index contributed by atoms with van der Waals surface area (Å²) in [5.41, 5.74) is -5.37. The van der Waals surface area contributed by atoms with Crippen molar-refractivity contribution in [3.8, 4) is 34.1 Å². The Morgan fingerprint density at radius 2 is 1.52 bits per heavy atom. The van der Waals surface area contributed by atoms with E-state index in [-0.39, 0.29) is 65.0 Å². The van der Waals surface area contributed by atoms with Gasteiger partial charge in [-0.3, -0.25) is 14.4 Å². The fourth-order valence-electron chi connectivity index (χ4n) is 6.97. The van der Waals surface area contributed by atoms with Gasteiger partial charge in [0.2, 0.25) is 5.60 Å². The molecular formula is C32H30O14. The number of carbonyl (C=O) groups is 5. The van der Waals surface area contributed by atoms with Gasteiger partial charge in [0.05, 0.1) is 26.2 Å². The Hall–Kier alpha value is -5.11. The molecule has 0 radical (unpaired) electrons. The van der Waals surface area contributed by atoms with Crippen molar-refractivity contribution < 1.29 is 68.1 Å². The number of benzene rings is 2. The first-order valence-electron chi connectivity index (χ1n) is 14.4. The van der Waals surface area contributed by atoms with Crippen LogP contribution in [0.25, 0.3) is 16.9 Å². The van der Waals surface area contributed by atoms with Crippen LogP contribution in [0.3, 0.4) is 0 Å². The number of hydrogen-bond donors (Lipinski definition) is 4. The predicted octanol–water partition coefficient (Wildman–Crippen LogP) is 2.26. The van der Waals surface area contributed by atoms with E-state index in [1.807, 2.05) is 0 Å². The van der Waals surface area contributed by atoms with Crippen LogP contribution in [0.1, 0.15) is 59.2 Å². The summed E-state index contributed by atoms with van der Waals surface area (Å²) in [5.74, 6) is -6.77. The maximum absolute atomic E-state index is 13.7. The first-order chi connectivity index (χ1) is 21.7. The maximum Gasteiger partial charge on any atom is 0.358 e. The van der Waals surface area contributed by atoms with Crippen LogP contribution in [-0.2, 0) is 33.4 Å². The number of fused-ring (bicyclic) bond motifs is 3. The van der Waals surface area contributed by atoms with Gasteiger partial charge in [-0.25, -0.2) is 9.59 Å². The quantitative estimate of drug-likeness (QED) is 0.279. The van der Waals surface area contributed by atoms with Crippen LogP contribution in [0.2, 0.25) is 0 Å². The van der Waals surface area contributed by atoms with Crippen LogP contribution in [0.15, 0.2) is 17.7 Å². The van der Waals surface area contributed by atoms with Gasteiger partial charge in [-0.1, -0.05) is 0 Å². The third kappa shape index (κ3) is 4.02. The van der Waals surface area contributed by atoms with E-state index in [9.17, 15) is 44.4 Å². The van der Waals surface area contributed by atoms with Crippen LogP contribution < -0.4 is 9.47 Å². The first-order valence-corrected chi connectivity index (χ1v) is 14.4. The van der Waals surface area contributed by atoms with Crippen molar-refractivity contribution in [1.29, 1.82) is 0 Å². The molecule has 6 rings (SSSR count). The van der Waals surface area contributed by atoms with E-state index in [0.717, 1.165) is 14.2 Å². The Balaban J connectivity index is 1.62. The standard InChI is InChI=1S/C32H30O14/c1-12-9-15(34)23-16(35)11-31(29(40)42-3,19-7-8-20(37)44-19)46-28(23)22(12)21-13(2)10-17-24(26(21)38)27(39)25-14(33)5-6-18(36)32(25,45-17)30(41)43-4/h9-10,18-19,34,36,38-39H,5-8,11H2,1-4H3/t18-,19-,31+,32+/m0/s1. The van der Waals surface area contributed by atoms with E-state index in [1.54, 1.807) is 0 Å². The number of ether oxygens (including phenoxy) is 5. The molecular weight excluding hydrogens is 608 g/mol. The molecule has 4 N–H and O–H groups in total. The molecule has 14 nitrogen and oxygen atoms in total. The van der Waals surface area contributed by atoms with E-state index >= 15 is 0 Å². The molecule has 0 bridgehead atoms. The van der Waals surface area contributed by atoms with Crippen molar-refractivity contribution in [2.45, 2.75) is 69.4 Å². The largest absolute Gasteiger partial charge is 0.507 e.